The summed E-state index contributed by atoms with van der Waals surface area (Å²) in [6.07, 6.45) is 2.04. The molecule has 1 amide bonds. The summed E-state index contributed by atoms with van der Waals surface area (Å²) in [7, 11) is 1.50. The second-order valence-corrected chi connectivity index (χ2v) is 9.26. The van der Waals surface area contributed by atoms with Gasteiger partial charge in [-0.1, -0.05) is 88.7 Å². The molecule has 0 bridgehead atoms. The Labute approximate surface area is 216 Å². The third kappa shape index (κ3) is 7.85. The third-order valence-electron chi connectivity index (χ3n) is 6.06. The molecule has 0 aromatic heterocycles. The minimum atomic E-state index is -0.122. The molecule has 5 nitrogen and oxygen atoms in total. The topological polar surface area (TPSA) is 72.6 Å². The van der Waals surface area contributed by atoms with Gasteiger partial charge in [-0.25, -0.2) is 0 Å². The zero-order valence-corrected chi connectivity index (χ0v) is 21.7. The number of halogens is 1. The number of hydrogen-bond donors (Lipinski definition) is 1. The molecule has 0 aliphatic carbocycles. The molecule has 2 N–H and O–H groups in total. The fourth-order valence-electron chi connectivity index (χ4n) is 4.20. The summed E-state index contributed by atoms with van der Waals surface area (Å²) in [4.78, 5) is 26.9. The van der Waals surface area contributed by atoms with Crippen LogP contribution in [0.25, 0.3) is 0 Å². The van der Waals surface area contributed by atoms with Crippen LogP contribution in [0.1, 0.15) is 53.3 Å². The van der Waals surface area contributed by atoms with E-state index in [9.17, 15) is 9.59 Å². The van der Waals surface area contributed by atoms with Gasteiger partial charge in [-0.2, -0.15) is 0 Å². The summed E-state index contributed by atoms with van der Waals surface area (Å²) in [5.74, 6) is 0.0456. The molecule has 0 radical (unpaired) electrons. The second-order valence-electron chi connectivity index (χ2n) is 8.35. The number of piperidine rings is 1. The van der Waals surface area contributed by atoms with Crippen molar-refractivity contribution in [3.63, 3.8) is 0 Å². The quantitative estimate of drug-likeness (QED) is 0.370. The molecule has 0 spiro atoms. The average molecular weight is 537 g/mol. The Hall–Kier alpha value is -2.80. The van der Waals surface area contributed by atoms with Crippen LogP contribution in [0, 0.1) is 0 Å². The number of ketones is 1. The maximum absolute atomic E-state index is 12.7. The van der Waals surface area contributed by atoms with Gasteiger partial charge in [-0.3, -0.25) is 9.59 Å². The smallest absolute Gasteiger partial charge is 0.223 e. The maximum atomic E-state index is 12.7. The molecule has 6 heteroatoms. The number of nitrogens with two attached hydrogens (primary N) is 1. The average Bonchev–Trinajstić information content (AvgIpc) is 2.93. The highest BCUT2D eigenvalue weighted by Gasteiger charge is 2.27. The first-order valence-corrected chi connectivity index (χ1v) is 12.8. The number of likely N-dealkylation sites (tertiary alicyclic amines) is 1. The highest BCUT2D eigenvalue weighted by atomic mass is 79.9. The molecule has 1 fully saturated rings. The number of carbonyl (C=O) groups excluding carboxylic acids is 2. The van der Waals surface area contributed by atoms with E-state index in [4.69, 9.17) is 4.74 Å². The van der Waals surface area contributed by atoms with Crippen molar-refractivity contribution in [3.05, 3.63) is 106 Å². The predicted octanol–water partition coefficient (Wildman–Crippen LogP) is 5.78. The molecule has 0 unspecified atom stereocenters. The molecule has 0 atom stereocenters. The molecule has 184 valence electrons. The number of hydrogen-bond acceptors (Lipinski definition) is 4. The Kier molecular flexibility index (Phi) is 10.7. The van der Waals surface area contributed by atoms with E-state index in [0.29, 0.717) is 18.7 Å². The Bertz CT molecular complexity index is 1010. The van der Waals surface area contributed by atoms with E-state index in [-0.39, 0.29) is 36.7 Å². The second kappa shape index (κ2) is 13.9. The van der Waals surface area contributed by atoms with Crippen molar-refractivity contribution in [1.29, 1.82) is 0 Å². The molecule has 1 heterocycles. The molecule has 0 saturated carbocycles. The normalized spacial score (nSPS) is 13.8. The van der Waals surface area contributed by atoms with Crippen LogP contribution < -0.4 is 5.73 Å². The van der Waals surface area contributed by atoms with Crippen LogP contribution in [-0.2, 0) is 9.53 Å². The number of ether oxygens (including phenoxy) is 1. The Morgan fingerprint density at radius 2 is 1.37 bits per heavy atom. The van der Waals surface area contributed by atoms with Crippen LogP contribution in [0.15, 0.2) is 89.4 Å². The summed E-state index contributed by atoms with van der Waals surface area (Å²) < 4.78 is 7.49. The summed E-state index contributed by atoms with van der Waals surface area (Å²) in [6, 6.07) is 27.8. The van der Waals surface area contributed by atoms with Crippen molar-refractivity contribution in [2.75, 3.05) is 20.1 Å². The molecular formula is C29H33BrN2O3. The van der Waals surface area contributed by atoms with Crippen molar-refractivity contribution in [1.82, 2.24) is 4.90 Å². The lowest BCUT2D eigenvalue weighted by atomic mass is 10.00. The molecule has 3 aromatic carbocycles. The highest BCUT2D eigenvalue weighted by Crippen LogP contribution is 2.30. The van der Waals surface area contributed by atoms with Crippen molar-refractivity contribution in [2.24, 2.45) is 5.73 Å². The van der Waals surface area contributed by atoms with Crippen LogP contribution in [0.5, 0.6) is 0 Å². The van der Waals surface area contributed by atoms with Gasteiger partial charge in [-0.15, -0.1) is 0 Å². The lowest BCUT2D eigenvalue weighted by Gasteiger charge is -2.34. The number of nitrogens with zero attached hydrogens (tertiary/aromatic N) is 1. The Morgan fingerprint density at radius 1 is 0.857 bits per heavy atom. The minimum absolute atomic E-state index is 0.00244. The first-order chi connectivity index (χ1) is 17.1. The molecule has 1 aliphatic rings. The molecule has 4 rings (SSSR count). The van der Waals surface area contributed by atoms with Gasteiger partial charge in [-0.05, 0) is 43.1 Å². The lowest BCUT2D eigenvalue weighted by Crippen LogP contribution is -2.41. The van der Waals surface area contributed by atoms with Crippen LogP contribution >= 0.6 is 15.9 Å². The fraction of sp³-hybridized carbons (Fsp3) is 0.310. The van der Waals surface area contributed by atoms with Gasteiger partial charge in [0.25, 0.3) is 0 Å². The van der Waals surface area contributed by atoms with Gasteiger partial charge in [0.05, 0.1) is 6.10 Å². The standard InChI is InChI=1S/C28H28BrNO3.CH5N/c29-24-13-11-21(12-14-24)26(31)15-16-27(32)30-19-17-25(18-20-30)33-28(22-7-3-1-4-8-22)23-9-5-2-6-10-23;1-2/h1-14,25,28H,15-20H2;2H2,1H3. The SMILES string of the molecule is CN.O=C(CCC(=O)N1CCC(OC(c2ccccc2)c2ccccc2)CC1)c1ccc(Br)cc1. The van der Waals surface area contributed by atoms with Crippen LogP contribution in [-0.4, -0.2) is 42.8 Å². The largest absolute Gasteiger partial charge is 0.365 e. The third-order valence-corrected chi connectivity index (χ3v) is 6.59. The van der Waals surface area contributed by atoms with Crippen LogP contribution in [0.2, 0.25) is 0 Å². The monoisotopic (exact) mass is 536 g/mol. The van der Waals surface area contributed by atoms with Crippen LogP contribution in [0.4, 0.5) is 0 Å². The number of rotatable bonds is 8. The van der Waals surface area contributed by atoms with E-state index in [2.05, 4.69) is 45.9 Å². The molecule has 3 aromatic rings. The Morgan fingerprint density at radius 3 is 1.89 bits per heavy atom. The summed E-state index contributed by atoms with van der Waals surface area (Å²) in [6.45, 7) is 1.32. The predicted molar refractivity (Wildman–Crippen MR) is 143 cm³/mol. The van der Waals surface area contributed by atoms with E-state index >= 15 is 0 Å². The van der Waals surface area contributed by atoms with Gasteiger partial charge < -0.3 is 15.4 Å². The summed E-state index contributed by atoms with van der Waals surface area (Å²) in [5, 5.41) is 0. The molecular weight excluding hydrogens is 504 g/mol. The first kappa shape index (κ1) is 26.8. The van der Waals surface area contributed by atoms with Crippen molar-refractivity contribution < 1.29 is 14.3 Å². The molecule has 1 aliphatic heterocycles. The van der Waals surface area contributed by atoms with E-state index in [1.807, 2.05) is 53.4 Å². The van der Waals surface area contributed by atoms with Gasteiger partial charge in [0.1, 0.15) is 6.10 Å². The summed E-state index contributed by atoms with van der Waals surface area (Å²) in [5.41, 5.74) is 7.41. The maximum Gasteiger partial charge on any atom is 0.223 e. The van der Waals surface area contributed by atoms with E-state index in [1.54, 1.807) is 12.1 Å². The van der Waals surface area contributed by atoms with Crippen molar-refractivity contribution in [3.8, 4) is 0 Å². The van der Waals surface area contributed by atoms with Gasteiger partial charge >= 0.3 is 0 Å². The number of benzene rings is 3. The molecule has 1 saturated heterocycles. The van der Waals surface area contributed by atoms with E-state index < -0.39 is 0 Å². The summed E-state index contributed by atoms with van der Waals surface area (Å²) >= 11 is 3.37. The van der Waals surface area contributed by atoms with Crippen molar-refractivity contribution in [2.45, 2.75) is 37.9 Å². The number of Topliss-reactive ketones (excluding diaryl/α,β-unsaturated/α-hetero) is 1. The van der Waals surface area contributed by atoms with Gasteiger partial charge in [0.2, 0.25) is 5.91 Å². The van der Waals surface area contributed by atoms with Crippen LogP contribution in [0.3, 0.4) is 0 Å². The zero-order chi connectivity index (χ0) is 25.0. The number of carbonyl (C=O) groups is 2. The molecule has 35 heavy (non-hydrogen) atoms. The zero-order valence-electron chi connectivity index (χ0n) is 20.1. The first-order valence-electron chi connectivity index (χ1n) is 12.0. The van der Waals surface area contributed by atoms with Gasteiger partial charge in [0.15, 0.2) is 5.78 Å². The van der Waals surface area contributed by atoms with Gasteiger partial charge in [0, 0.05) is 36.0 Å². The van der Waals surface area contributed by atoms with Crippen molar-refractivity contribution >= 4 is 27.6 Å². The Balaban J connectivity index is 0.00000167. The number of amides is 1. The lowest BCUT2D eigenvalue weighted by molar-refractivity contribution is -0.134. The van der Waals surface area contributed by atoms with E-state index in [1.165, 1.54) is 7.05 Å². The highest BCUT2D eigenvalue weighted by molar-refractivity contribution is 9.10. The fourth-order valence-corrected chi connectivity index (χ4v) is 4.46. The minimum Gasteiger partial charge on any atom is -0.365 e. The van der Waals surface area contributed by atoms with E-state index in [0.717, 1.165) is 28.4 Å².